The lowest BCUT2D eigenvalue weighted by Gasteiger charge is -2.05. The van der Waals surface area contributed by atoms with Crippen LogP contribution < -0.4 is 5.32 Å². The van der Waals surface area contributed by atoms with E-state index in [4.69, 9.17) is 9.68 Å². The number of benzene rings is 1. The van der Waals surface area contributed by atoms with Gasteiger partial charge in [0.25, 0.3) is 11.7 Å². The van der Waals surface area contributed by atoms with Gasteiger partial charge in [-0.05, 0) is 43.3 Å². The van der Waals surface area contributed by atoms with Crippen LogP contribution in [0.1, 0.15) is 11.5 Å². The van der Waals surface area contributed by atoms with E-state index in [0.717, 1.165) is 0 Å². The average molecular weight is 334 g/mol. The van der Waals surface area contributed by atoms with Gasteiger partial charge in [0.1, 0.15) is 23.2 Å². The Morgan fingerprint density at radius 3 is 2.52 bits per heavy atom. The van der Waals surface area contributed by atoms with E-state index in [2.05, 4.69) is 5.32 Å². The first kappa shape index (κ1) is 16.8. The van der Waals surface area contributed by atoms with Crippen molar-refractivity contribution in [3.63, 3.8) is 0 Å². The highest BCUT2D eigenvalue weighted by molar-refractivity contribution is 7.99. The molecule has 4 nitrogen and oxygen atoms in total. The van der Waals surface area contributed by atoms with Crippen LogP contribution in [-0.4, -0.2) is 11.7 Å². The number of anilines is 1. The molecule has 0 spiro atoms. The predicted octanol–water partition coefficient (Wildman–Crippen LogP) is 4.45. The van der Waals surface area contributed by atoms with Crippen molar-refractivity contribution in [3.8, 4) is 6.07 Å². The lowest BCUT2D eigenvalue weighted by atomic mass is 10.2. The number of nitrogens with one attached hydrogen (secondary N) is 1. The number of nitriles is 1. The number of halogens is 2. The van der Waals surface area contributed by atoms with E-state index >= 15 is 0 Å². The Kier molecular flexibility index (Phi) is 5.55. The minimum atomic E-state index is -2.50. The molecular weight excluding hydrogens is 322 g/mol. The molecule has 7 heteroatoms. The highest BCUT2D eigenvalue weighted by Gasteiger charge is 2.11. The topological polar surface area (TPSA) is 66.0 Å². The molecule has 0 fully saturated rings. The second-order valence-electron chi connectivity index (χ2n) is 4.48. The molecule has 2 aromatic rings. The van der Waals surface area contributed by atoms with Crippen molar-refractivity contribution in [3.05, 3.63) is 53.5 Å². The van der Waals surface area contributed by atoms with Gasteiger partial charge in [0, 0.05) is 16.7 Å². The molecule has 1 N–H and O–H groups in total. The summed E-state index contributed by atoms with van der Waals surface area (Å²) in [4.78, 5) is 12.4. The van der Waals surface area contributed by atoms with Gasteiger partial charge in [-0.3, -0.25) is 4.79 Å². The van der Waals surface area contributed by atoms with Crippen LogP contribution in [0.2, 0.25) is 0 Å². The number of nitrogens with zero attached hydrogens (tertiary/aromatic N) is 1. The Bertz CT molecular complexity index is 761. The maximum atomic E-state index is 12.2. The lowest BCUT2D eigenvalue weighted by Crippen LogP contribution is -2.13. The average Bonchev–Trinajstić information content (AvgIpc) is 2.91. The van der Waals surface area contributed by atoms with Crippen LogP contribution in [0.3, 0.4) is 0 Å². The summed E-state index contributed by atoms with van der Waals surface area (Å²) < 4.78 is 29.8. The van der Waals surface area contributed by atoms with Crippen molar-refractivity contribution in [1.29, 1.82) is 5.26 Å². The van der Waals surface area contributed by atoms with E-state index in [1.165, 1.54) is 30.3 Å². The zero-order valence-electron chi connectivity index (χ0n) is 12.0. The maximum absolute atomic E-state index is 12.2. The third kappa shape index (κ3) is 4.97. The number of thioether (sulfide) groups is 1. The Balaban J connectivity index is 2.08. The minimum Gasteiger partial charge on any atom is -0.462 e. The van der Waals surface area contributed by atoms with Crippen LogP contribution in [0, 0.1) is 18.3 Å². The van der Waals surface area contributed by atoms with Gasteiger partial charge < -0.3 is 9.73 Å². The van der Waals surface area contributed by atoms with E-state index in [9.17, 15) is 13.6 Å². The fraction of sp³-hybridized carbons (Fsp3) is 0.125. The molecule has 0 saturated carbocycles. The zero-order valence-corrected chi connectivity index (χ0v) is 12.9. The maximum Gasteiger partial charge on any atom is 0.288 e. The number of carbonyl (C=O) groups excluding carboxylic acids is 1. The first-order valence-corrected chi connectivity index (χ1v) is 7.40. The number of carbonyl (C=O) groups is 1. The highest BCUT2D eigenvalue weighted by Crippen LogP contribution is 2.26. The monoisotopic (exact) mass is 334 g/mol. The largest absolute Gasteiger partial charge is 0.462 e. The van der Waals surface area contributed by atoms with Gasteiger partial charge in [-0.2, -0.15) is 14.0 Å². The van der Waals surface area contributed by atoms with Crippen molar-refractivity contribution in [2.75, 3.05) is 5.32 Å². The fourth-order valence-corrected chi connectivity index (χ4v) is 2.24. The summed E-state index contributed by atoms with van der Waals surface area (Å²) in [6.07, 6.45) is 1.34. The highest BCUT2D eigenvalue weighted by atomic mass is 32.2. The summed E-state index contributed by atoms with van der Waals surface area (Å²) in [5.74, 6) is -2.03. The van der Waals surface area contributed by atoms with Crippen molar-refractivity contribution in [1.82, 2.24) is 0 Å². The van der Waals surface area contributed by atoms with Crippen LogP contribution in [0.5, 0.6) is 0 Å². The molecule has 23 heavy (non-hydrogen) atoms. The Hall–Kier alpha value is -2.59. The molecular formula is C16H12F2N2O2S. The molecule has 0 aliphatic heterocycles. The van der Waals surface area contributed by atoms with Gasteiger partial charge in [-0.25, -0.2) is 0 Å². The molecule has 0 aliphatic carbocycles. The van der Waals surface area contributed by atoms with E-state index in [-0.39, 0.29) is 5.57 Å². The summed E-state index contributed by atoms with van der Waals surface area (Å²) in [5, 5.41) is 11.6. The van der Waals surface area contributed by atoms with E-state index < -0.39 is 11.7 Å². The van der Waals surface area contributed by atoms with Crippen molar-refractivity contribution in [2.24, 2.45) is 0 Å². The quantitative estimate of drug-likeness (QED) is 0.498. The molecule has 1 aromatic heterocycles. The van der Waals surface area contributed by atoms with E-state index in [1.54, 1.807) is 25.1 Å². The molecule has 1 heterocycles. The first-order valence-electron chi connectivity index (χ1n) is 6.52. The molecule has 0 radical (unpaired) electrons. The molecule has 0 saturated heterocycles. The smallest absolute Gasteiger partial charge is 0.288 e. The van der Waals surface area contributed by atoms with Gasteiger partial charge in [0.05, 0.1) is 0 Å². The summed E-state index contributed by atoms with van der Waals surface area (Å²) in [6, 6.07) is 11.1. The molecule has 1 aromatic carbocycles. The van der Waals surface area contributed by atoms with Gasteiger partial charge in [-0.15, -0.1) is 0 Å². The molecule has 0 aliphatic rings. The van der Waals surface area contributed by atoms with Crippen molar-refractivity contribution >= 4 is 29.4 Å². The predicted molar refractivity (Wildman–Crippen MR) is 84.0 cm³/mol. The molecule has 0 bridgehead atoms. The number of hydrogen-bond acceptors (Lipinski definition) is 4. The van der Waals surface area contributed by atoms with Crippen LogP contribution >= 0.6 is 11.8 Å². The third-order valence-electron chi connectivity index (χ3n) is 2.75. The number of aryl methyl sites for hydroxylation is 1. The number of rotatable bonds is 5. The molecule has 118 valence electrons. The molecule has 0 unspecified atom stereocenters. The zero-order chi connectivity index (χ0) is 16.8. The van der Waals surface area contributed by atoms with Crippen molar-refractivity contribution < 1.29 is 18.0 Å². The second-order valence-corrected chi connectivity index (χ2v) is 5.54. The van der Waals surface area contributed by atoms with Crippen LogP contribution in [-0.2, 0) is 4.79 Å². The second kappa shape index (κ2) is 7.61. The fourth-order valence-electron chi connectivity index (χ4n) is 1.74. The summed E-state index contributed by atoms with van der Waals surface area (Å²) in [7, 11) is 0. The standard InChI is InChI=1S/C16H12F2N2O2S/c1-10-2-5-13(22-10)8-11(9-19)15(21)20-12-3-6-14(7-4-12)23-16(17)18/h2-8,16H,1H3,(H,20,21)/b11-8-. The minimum absolute atomic E-state index is 0.120. The summed E-state index contributed by atoms with van der Waals surface area (Å²) in [6.45, 7) is 1.75. The van der Waals surface area contributed by atoms with Gasteiger partial charge in [0.2, 0.25) is 0 Å². The van der Waals surface area contributed by atoms with Crippen LogP contribution in [0.15, 0.2) is 51.3 Å². The van der Waals surface area contributed by atoms with Crippen LogP contribution in [0.25, 0.3) is 6.08 Å². The Labute approximate surface area is 135 Å². The van der Waals surface area contributed by atoms with Gasteiger partial charge in [0.15, 0.2) is 0 Å². The molecule has 1 amide bonds. The SMILES string of the molecule is Cc1ccc(/C=C(/C#N)C(=O)Nc2ccc(SC(F)F)cc2)o1. The number of furan rings is 1. The number of amides is 1. The van der Waals surface area contributed by atoms with Crippen molar-refractivity contribution in [2.45, 2.75) is 17.6 Å². The van der Waals surface area contributed by atoms with Crippen LogP contribution in [0.4, 0.5) is 14.5 Å². The number of alkyl halides is 2. The first-order chi connectivity index (χ1) is 11.0. The normalized spacial score (nSPS) is 11.3. The van der Waals surface area contributed by atoms with Gasteiger partial charge >= 0.3 is 0 Å². The summed E-state index contributed by atoms with van der Waals surface area (Å²) >= 11 is 0.419. The molecule has 2 rings (SSSR count). The number of hydrogen-bond donors (Lipinski definition) is 1. The third-order valence-corrected chi connectivity index (χ3v) is 3.47. The summed E-state index contributed by atoms with van der Waals surface area (Å²) in [5.41, 5.74) is 0.288. The molecule has 0 atom stereocenters. The Morgan fingerprint density at radius 1 is 1.30 bits per heavy atom. The van der Waals surface area contributed by atoms with E-state index in [0.29, 0.717) is 33.9 Å². The van der Waals surface area contributed by atoms with E-state index in [1.807, 2.05) is 0 Å². The lowest BCUT2D eigenvalue weighted by molar-refractivity contribution is -0.112. The Morgan fingerprint density at radius 2 is 2.00 bits per heavy atom. The van der Waals surface area contributed by atoms with Gasteiger partial charge in [-0.1, -0.05) is 11.8 Å².